The Morgan fingerprint density at radius 3 is 2.15 bits per heavy atom. The standard InChI is InChI=1S/C31H50O2/c1-19(2)21-12-16-31(26(32)33)18-17-29(7)22(25(21)31)9-10-24-28(6)14-11-20(3)27(4,5)23(28)13-15-30(24,29)8/h20-25H,1,9-18H2,2-8H3,(H,32,33). The van der Waals surface area contributed by atoms with Gasteiger partial charge in [-0.1, -0.05) is 53.7 Å². The summed E-state index contributed by atoms with van der Waals surface area (Å²) in [5.41, 5.74) is 2.16. The third-order valence-corrected chi connectivity index (χ3v) is 14.0. The first-order chi connectivity index (χ1) is 15.3. The summed E-state index contributed by atoms with van der Waals surface area (Å²) in [6.07, 6.45) is 11.9. The summed E-state index contributed by atoms with van der Waals surface area (Å²) in [7, 11) is 0. The van der Waals surface area contributed by atoms with E-state index in [1.807, 2.05) is 0 Å². The fourth-order valence-corrected chi connectivity index (χ4v) is 11.7. The zero-order chi connectivity index (χ0) is 24.2. The predicted octanol–water partition coefficient (Wildman–Crippen LogP) is 8.36. The highest BCUT2D eigenvalue weighted by molar-refractivity contribution is 5.76. The predicted molar refractivity (Wildman–Crippen MR) is 136 cm³/mol. The maximum absolute atomic E-state index is 12.8. The van der Waals surface area contributed by atoms with Gasteiger partial charge in [-0.05, 0) is 128 Å². The molecule has 1 N–H and O–H groups in total. The number of carboxylic acids is 1. The van der Waals surface area contributed by atoms with Gasteiger partial charge in [0, 0.05) is 0 Å². The maximum Gasteiger partial charge on any atom is 0.309 e. The molecule has 186 valence electrons. The Kier molecular flexibility index (Phi) is 5.17. The quantitative estimate of drug-likeness (QED) is 0.425. The minimum atomic E-state index is -0.510. The topological polar surface area (TPSA) is 37.3 Å². The van der Waals surface area contributed by atoms with Crippen molar-refractivity contribution in [1.82, 2.24) is 0 Å². The molecule has 2 nitrogen and oxygen atoms in total. The van der Waals surface area contributed by atoms with Crippen LogP contribution in [0.15, 0.2) is 12.2 Å². The molecule has 5 saturated carbocycles. The molecule has 5 aliphatic carbocycles. The van der Waals surface area contributed by atoms with Crippen LogP contribution in [-0.4, -0.2) is 11.1 Å². The lowest BCUT2D eigenvalue weighted by molar-refractivity contribution is -0.242. The first kappa shape index (κ1) is 23.9. The molecule has 0 bridgehead atoms. The summed E-state index contributed by atoms with van der Waals surface area (Å²) in [5, 5.41) is 10.5. The van der Waals surface area contributed by atoms with Gasteiger partial charge in [0.2, 0.25) is 0 Å². The second kappa shape index (κ2) is 7.13. The number of rotatable bonds is 2. The van der Waals surface area contributed by atoms with E-state index >= 15 is 0 Å². The van der Waals surface area contributed by atoms with Gasteiger partial charge in [0.15, 0.2) is 0 Å². The molecule has 0 heterocycles. The Labute approximate surface area is 203 Å². The molecule has 0 amide bonds. The molecule has 0 saturated heterocycles. The van der Waals surface area contributed by atoms with Crippen LogP contribution in [0.4, 0.5) is 0 Å². The van der Waals surface area contributed by atoms with Crippen LogP contribution in [0.3, 0.4) is 0 Å². The molecule has 5 rings (SSSR count). The van der Waals surface area contributed by atoms with Crippen molar-refractivity contribution in [2.24, 2.45) is 62.6 Å². The van der Waals surface area contributed by atoms with E-state index in [2.05, 4.69) is 55.0 Å². The van der Waals surface area contributed by atoms with Gasteiger partial charge in [-0.15, -0.1) is 0 Å². The lowest BCUT2D eigenvalue weighted by atomic mass is 9.32. The fourth-order valence-electron chi connectivity index (χ4n) is 11.7. The van der Waals surface area contributed by atoms with E-state index in [1.165, 1.54) is 44.1 Å². The third kappa shape index (κ3) is 2.76. The summed E-state index contributed by atoms with van der Waals surface area (Å²) in [6.45, 7) is 22.1. The van der Waals surface area contributed by atoms with Gasteiger partial charge in [-0.3, -0.25) is 4.79 Å². The smallest absolute Gasteiger partial charge is 0.309 e. The largest absolute Gasteiger partial charge is 0.481 e. The van der Waals surface area contributed by atoms with Gasteiger partial charge >= 0.3 is 5.97 Å². The van der Waals surface area contributed by atoms with Gasteiger partial charge in [-0.25, -0.2) is 0 Å². The second-order valence-corrected chi connectivity index (χ2v) is 14.9. The summed E-state index contributed by atoms with van der Waals surface area (Å²) in [6, 6.07) is 0. The van der Waals surface area contributed by atoms with Crippen LogP contribution in [0.5, 0.6) is 0 Å². The average molecular weight is 455 g/mol. The van der Waals surface area contributed by atoms with E-state index in [-0.39, 0.29) is 11.3 Å². The number of allylic oxidation sites excluding steroid dienone is 1. The number of aliphatic carboxylic acids is 1. The Morgan fingerprint density at radius 2 is 1.52 bits per heavy atom. The average Bonchev–Trinajstić information content (AvgIpc) is 3.13. The molecule has 5 fully saturated rings. The molecular formula is C31H50O2. The summed E-state index contributed by atoms with van der Waals surface area (Å²) in [5.74, 6) is 3.12. The highest BCUT2D eigenvalue weighted by atomic mass is 16.4. The van der Waals surface area contributed by atoms with Crippen LogP contribution in [0, 0.1) is 62.6 Å². The van der Waals surface area contributed by atoms with Crippen LogP contribution in [0.1, 0.15) is 113 Å². The first-order valence-corrected chi connectivity index (χ1v) is 14.1. The molecular weight excluding hydrogens is 404 g/mol. The van der Waals surface area contributed by atoms with Crippen molar-refractivity contribution < 1.29 is 9.90 Å². The van der Waals surface area contributed by atoms with Crippen molar-refractivity contribution in [1.29, 1.82) is 0 Å². The number of carboxylic acid groups (broad SMARTS) is 1. The molecule has 10 unspecified atom stereocenters. The van der Waals surface area contributed by atoms with Crippen LogP contribution < -0.4 is 0 Å². The summed E-state index contributed by atoms with van der Waals surface area (Å²) >= 11 is 0. The lowest BCUT2D eigenvalue weighted by Gasteiger charge is -2.73. The second-order valence-electron chi connectivity index (χ2n) is 14.9. The van der Waals surface area contributed by atoms with Gasteiger partial charge < -0.3 is 5.11 Å². The molecule has 0 aromatic carbocycles. The van der Waals surface area contributed by atoms with E-state index in [0.717, 1.165) is 43.4 Å². The Balaban J connectivity index is 1.57. The van der Waals surface area contributed by atoms with Crippen LogP contribution in [0.25, 0.3) is 0 Å². The highest BCUT2D eigenvalue weighted by Gasteiger charge is 2.71. The molecule has 33 heavy (non-hydrogen) atoms. The lowest BCUT2D eigenvalue weighted by Crippen LogP contribution is -2.66. The number of hydrogen-bond donors (Lipinski definition) is 1. The number of carbonyl (C=O) groups is 1. The van der Waals surface area contributed by atoms with E-state index in [1.54, 1.807) is 0 Å². The van der Waals surface area contributed by atoms with Gasteiger partial charge in [-0.2, -0.15) is 0 Å². The minimum absolute atomic E-state index is 0.249. The van der Waals surface area contributed by atoms with Gasteiger partial charge in [0.1, 0.15) is 0 Å². The monoisotopic (exact) mass is 454 g/mol. The summed E-state index contributed by atoms with van der Waals surface area (Å²) < 4.78 is 0. The molecule has 0 aliphatic heterocycles. The molecule has 0 spiro atoms. The Bertz CT molecular complexity index is 857. The third-order valence-electron chi connectivity index (χ3n) is 14.0. The molecule has 2 heteroatoms. The Morgan fingerprint density at radius 1 is 0.818 bits per heavy atom. The maximum atomic E-state index is 12.8. The zero-order valence-electron chi connectivity index (χ0n) is 22.6. The molecule has 10 atom stereocenters. The SMILES string of the molecule is C=C(C)C1CCC2(C(=O)O)CCC3(C)C(CCC4C5(C)CCC(C)C(C)(C)C5CCC43C)C12. The van der Waals surface area contributed by atoms with Gasteiger partial charge in [0.05, 0.1) is 5.41 Å². The van der Waals surface area contributed by atoms with Crippen LogP contribution in [-0.2, 0) is 4.79 Å². The first-order valence-electron chi connectivity index (χ1n) is 14.1. The number of fused-ring (bicyclic) bond motifs is 7. The minimum Gasteiger partial charge on any atom is -0.481 e. The van der Waals surface area contributed by atoms with E-state index in [0.29, 0.717) is 28.1 Å². The normalized spacial score (nSPS) is 55.0. The van der Waals surface area contributed by atoms with Crippen molar-refractivity contribution in [3.05, 3.63) is 12.2 Å². The van der Waals surface area contributed by atoms with Crippen LogP contribution >= 0.6 is 0 Å². The van der Waals surface area contributed by atoms with E-state index in [9.17, 15) is 9.90 Å². The van der Waals surface area contributed by atoms with E-state index < -0.39 is 11.4 Å². The zero-order valence-corrected chi connectivity index (χ0v) is 22.6. The molecule has 5 aliphatic rings. The van der Waals surface area contributed by atoms with Gasteiger partial charge in [0.25, 0.3) is 0 Å². The molecule has 0 radical (unpaired) electrons. The van der Waals surface area contributed by atoms with Crippen LogP contribution in [0.2, 0.25) is 0 Å². The fraction of sp³-hybridized carbons (Fsp3) is 0.903. The Hall–Kier alpha value is -0.790. The van der Waals surface area contributed by atoms with Crippen molar-refractivity contribution in [3.8, 4) is 0 Å². The van der Waals surface area contributed by atoms with Crippen molar-refractivity contribution in [3.63, 3.8) is 0 Å². The van der Waals surface area contributed by atoms with Crippen molar-refractivity contribution in [2.75, 3.05) is 0 Å². The van der Waals surface area contributed by atoms with Crippen molar-refractivity contribution in [2.45, 2.75) is 113 Å². The van der Waals surface area contributed by atoms with Crippen molar-refractivity contribution >= 4 is 5.97 Å². The summed E-state index contributed by atoms with van der Waals surface area (Å²) in [4.78, 5) is 12.8. The van der Waals surface area contributed by atoms with E-state index in [4.69, 9.17) is 0 Å². The molecule has 0 aromatic rings. The molecule has 0 aromatic heterocycles. The highest BCUT2D eigenvalue weighted by Crippen LogP contribution is 2.77. The number of hydrogen-bond acceptors (Lipinski definition) is 1.